The lowest BCUT2D eigenvalue weighted by molar-refractivity contribution is 0.122. The molecule has 6 heteroatoms. The molecule has 1 saturated heterocycles. The van der Waals surface area contributed by atoms with Crippen LogP contribution < -0.4 is 4.74 Å². The van der Waals surface area contributed by atoms with Gasteiger partial charge in [-0.1, -0.05) is 49.2 Å². The molecule has 0 saturated carbocycles. The number of benzene rings is 2. The summed E-state index contributed by atoms with van der Waals surface area (Å²) in [5, 5.41) is 2.14. The lowest BCUT2D eigenvalue weighted by Gasteiger charge is -2.35. The summed E-state index contributed by atoms with van der Waals surface area (Å²) in [7, 11) is 1.68. The molecule has 0 atom stereocenters. The number of hydrogen-bond donors (Lipinski definition) is 0. The van der Waals surface area contributed by atoms with Crippen LogP contribution in [0, 0.1) is 0 Å². The summed E-state index contributed by atoms with van der Waals surface area (Å²) in [6, 6.07) is 19.2. The summed E-state index contributed by atoms with van der Waals surface area (Å²) >= 11 is 6.38. The predicted molar refractivity (Wildman–Crippen MR) is 149 cm³/mol. The Morgan fingerprint density at radius 1 is 0.944 bits per heavy atom. The fourth-order valence-corrected chi connectivity index (χ4v) is 5.25. The summed E-state index contributed by atoms with van der Waals surface area (Å²) in [5.74, 6) is 0.780. The number of unbranched alkanes of at least 4 members (excludes halogenated alkanes) is 1. The highest BCUT2D eigenvalue weighted by Crippen LogP contribution is 2.32. The van der Waals surface area contributed by atoms with Crippen LogP contribution in [0.1, 0.15) is 30.9 Å². The second-order valence-electron chi connectivity index (χ2n) is 9.67. The highest BCUT2D eigenvalue weighted by molar-refractivity contribution is 6.31. The van der Waals surface area contributed by atoms with E-state index in [1.807, 2.05) is 18.2 Å². The number of nitrogens with zero attached hydrogens (tertiary/aromatic N) is 4. The van der Waals surface area contributed by atoms with E-state index >= 15 is 0 Å². The second kappa shape index (κ2) is 11.5. The Bertz CT molecular complexity index is 1290. The third-order valence-corrected chi connectivity index (χ3v) is 7.54. The van der Waals surface area contributed by atoms with Crippen molar-refractivity contribution >= 4 is 22.5 Å². The van der Waals surface area contributed by atoms with Crippen molar-refractivity contribution in [3.8, 4) is 17.0 Å². The zero-order valence-electron chi connectivity index (χ0n) is 21.3. The molecule has 36 heavy (non-hydrogen) atoms. The van der Waals surface area contributed by atoms with Crippen molar-refractivity contribution in [2.24, 2.45) is 0 Å². The number of ether oxygens (including phenoxy) is 1. The Morgan fingerprint density at radius 2 is 1.72 bits per heavy atom. The maximum Gasteiger partial charge on any atom is 0.137 e. The van der Waals surface area contributed by atoms with Gasteiger partial charge in [0.05, 0.1) is 19.0 Å². The number of rotatable bonds is 9. The first-order valence-electron chi connectivity index (χ1n) is 12.9. The molecule has 2 aromatic heterocycles. The van der Waals surface area contributed by atoms with Crippen molar-refractivity contribution in [2.45, 2.75) is 39.4 Å². The van der Waals surface area contributed by atoms with E-state index in [-0.39, 0.29) is 0 Å². The van der Waals surface area contributed by atoms with Crippen LogP contribution in [0.3, 0.4) is 0 Å². The molecule has 2 aromatic carbocycles. The molecule has 0 N–H and O–H groups in total. The molecule has 5 rings (SSSR count). The molecule has 0 amide bonds. The lowest BCUT2D eigenvalue weighted by Crippen LogP contribution is -2.45. The monoisotopic (exact) mass is 502 g/mol. The smallest absolute Gasteiger partial charge is 0.137 e. The second-order valence-corrected chi connectivity index (χ2v) is 10.1. The van der Waals surface area contributed by atoms with Crippen LogP contribution in [0.4, 0.5) is 0 Å². The molecule has 188 valence electrons. The van der Waals surface area contributed by atoms with E-state index in [1.54, 1.807) is 13.3 Å². The van der Waals surface area contributed by atoms with Crippen molar-refractivity contribution in [2.75, 3.05) is 33.3 Å². The van der Waals surface area contributed by atoms with Crippen LogP contribution in [-0.2, 0) is 19.6 Å². The van der Waals surface area contributed by atoms with Gasteiger partial charge in [-0.15, -0.1) is 0 Å². The van der Waals surface area contributed by atoms with Crippen LogP contribution >= 0.6 is 11.6 Å². The first-order chi connectivity index (χ1) is 17.6. The van der Waals surface area contributed by atoms with Gasteiger partial charge in [0.25, 0.3) is 0 Å². The largest absolute Gasteiger partial charge is 0.495 e. The average Bonchev–Trinajstić information content (AvgIpc) is 3.27. The van der Waals surface area contributed by atoms with E-state index in [9.17, 15) is 0 Å². The SMILES string of the molecule is CCCCn1cc(-c2ccc(OC)cn2)c2cc(CN3CCN(Cc4ccccc4Cl)CC3)ccc21. The molecular formula is C30H35ClN4O. The first kappa shape index (κ1) is 24.8. The average molecular weight is 503 g/mol. The lowest BCUT2D eigenvalue weighted by atomic mass is 10.1. The van der Waals surface area contributed by atoms with Crippen LogP contribution in [-0.4, -0.2) is 52.6 Å². The summed E-state index contributed by atoms with van der Waals surface area (Å²) < 4.78 is 7.70. The molecule has 1 fully saturated rings. The molecule has 4 aromatic rings. The molecule has 0 aliphatic carbocycles. The quantitative estimate of drug-likeness (QED) is 0.262. The van der Waals surface area contributed by atoms with Crippen LogP contribution in [0.25, 0.3) is 22.2 Å². The molecule has 0 bridgehead atoms. The van der Waals surface area contributed by atoms with Crippen molar-refractivity contribution in [3.05, 3.63) is 83.1 Å². The van der Waals surface area contributed by atoms with Gasteiger partial charge in [0, 0.05) is 73.5 Å². The van der Waals surface area contributed by atoms with E-state index in [0.29, 0.717) is 0 Å². The minimum Gasteiger partial charge on any atom is -0.495 e. The molecule has 0 radical (unpaired) electrons. The predicted octanol–water partition coefficient (Wildman–Crippen LogP) is 6.48. The summed E-state index contributed by atoms with van der Waals surface area (Å²) in [5.41, 5.74) is 6.02. The van der Waals surface area contributed by atoms with Gasteiger partial charge in [-0.3, -0.25) is 14.8 Å². The number of methoxy groups -OCH3 is 1. The van der Waals surface area contributed by atoms with Gasteiger partial charge < -0.3 is 9.30 Å². The highest BCUT2D eigenvalue weighted by atomic mass is 35.5. The van der Waals surface area contributed by atoms with Gasteiger partial charge in [-0.25, -0.2) is 0 Å². The number of piperazine rings is 1. The Balaban J connectivity index is 1.32. The molecule has 3 heterocycles. The van der Waals surface area contributed by atoms with Gasteiger partial charge in [0.1, 0.15) is 5.75 Å². The summed E-state index contributed by atoms with van der Waals surface area (Å²) in [4.78, 5) is 9.76. The minimum atomic E-state index is 0.780. The van der Waals surface area contributed by atoms with Gasteiger partial charge in [-0.2, -0.15) is 0 Å². The molecule has 0 spiro atoms. The van der Waals surface area contributed by atoms with Crippen molar-refractivity contribution in [1.82, 2.24) is 19.4 Å². The number of hydrogen-bond acceptors (Lipinski definition) is 4. The standard InChI is InChI=1S/C30H35ClN4O/c1-3-4-13-35-22-27(29-11-10-25(36-2)19-32-29)26-18-23(9-12-30(26)35)20-33-14-16-34(17-15-33)21-24-7-5-6-8-28(24)31/h5-12,18-19,22H,3-4,13-17,20-21H2,1-2H3. The van der Waals surface area contributed by atoms with E-state index in [1.165, 1.54) is 40.4 Å². The maximum absolute atomic E-state index is 6.38. The van der Waals surface area contributed by atoms with Gasteiger partial charge >= 0.3 is 0 Å². The number of halogens is 1. The molecule has 1 aliphatic rings. The van der Waals surface area contributed by atoms with Crippen molar-refractivity contribution in [1.29, 1.82) is 0 Å². The van der Waals surface area contributed by atoms with E-state index in [2.05, 4.69) is 63.9 Å². The third kappa shape index (κ3) is 5.59. The number of pyridine rings is 1. The topological polar surface area (TPSA) is 33.5 Å². The first-order valence-corrected chi connectivity index (χ1v) is 13.3. The maximum atomic E-state index is 6.38. The molecular weight excluding hydrogens is 468 g/mol. The van der Waals surface area contributed by atoms with Crippen molar-refractivity contribution < 1.29 is 4.74 Å². The Kier molecular flexibility index (Phi) is 7.90. The van der Waals surface area contributed by atoms with Crippen LogP contribution in [0.2, 0.25) is 5.02 Å². The van der Waals surface area contributed by atoms with Crippen LogP contribution in [0.15, 0.2) is 67.0 Å². The van der Waals surface area contributed by atoms with Crippen LogP contribution in [0.5, 0.6) is 5.75 Å². The number of aryl methyl sites for hydroxylation is 1. The zero-order chi connectivity index (χ0) is 24.9. The van der Waals surface area contributed by atoms with Gasteiger partial charge in [0.2, 0.25) is 0 Å². The third-order valence-electron chi connectivity index (χ3n) is 7.17. The van der Waals surface area contributed by atoms with E-state index in [0.717, 1.165) is 62.3 Å². The molecule has 0 unspecified atom stereocenters. The highest BCUT2D eigenvalue weighted by Gasteiger charge is 2.19. The molecule has 5 nitrogen and oxygen atoms in total. The fourth-order valence-electron chi connectivity index (χ4n) is 5.05. The molecule has 1 aliphatic heterocycles. The van der Waals surface area contributed by atoms with E-state index in [4.69, 9.17) is 21.3 Å². The van der Waals surface area contributed by atoms with Crippen molar-refractivity contribution in [3.63, 3.8) is 0 Å². The normalized spacial score (nSPS) is 15.0. The summed E-state index contributed by atoms with van der Waals surface area (Å²) in [6.45, 7) is 9.39. The Morgan fingerprint density at radius 3 is 2.42 bits per heavy atom. The Labute approximate surface area is 219 Å². The van der Waals surface area contributed by atoms with Gasteiger partial charge in [0.15, 0.2) is 0 Å². The minimum absolute atomic E-state index is 0.780. The van der Waals surface area contributed by atoms with E-state index < -0.39 is 0 Å². The zero-order valence-corrected chi connectivity index (χ0v) is 22.0. The fraction of sp³-hybridized carbons (Fsp3) is 0.367. The summed E-state index contributed by atoms with van der Waals surface area (Å²) in [6.07, 6.45) is 6.42. The number of fused-ring (bicyclic) bond motifs is 1. The van der Waals surface area contributed by atoms with Gasteiger partial charge in [-0.05, 0) is 47.9 Å². The Hall–Kier alpha value is -2.86. The number of aromatic nitrogens is 2.